The number of amides is 1. The lowest BCUT2D eigenvalue weighted by atomic mass is 9.74. The maximum atomic E-state index is 12.9. The van der Waals surface area contributed by atoms with Crippen LogP contribution in [0.25, 0.3) is 6.08 Å². The molecule has 142 valence electrons. The number of benzene rings is 2. The molecule has 0 unspecified atom stereocenters. The van der Waals surface area contributed by atoms with Crippen LogP contribution in [0.15, 0.2) is 54.1 Å². The lowest BCUT2D eigenvalue weighted by molar-refractivity contribution is -0.128. The van der Waals surface area contributed by atoms with E-state index >= 15 is 0 Å². The summed E-state index contributed by atoms with van der Waals surface area (Å²) in [5.41, 5.74) is 9.08. The Bertz CT molecular complexity index is 952. The largest absolute Gasteiger partial charge is 0.492 e. The number of ether oxygens (including phenoxy) is 1. The Balaban J connectivity index is 1.50. The summed E-state index contributed by atoms with van der Waals surface area (Å²) < 4.78 is 5.93. The predicted molar refractivity (Wildman–Crippen MR) is 107 cm³/mol. The number of rotatable bonds is 3. The van der Waals surface area contributed by atoms with Gasteiger partial charge in [-0.25, -0.2) is 0 Å². The summed E-state index contributed by atoms with van der Waals surface area (Å²) in [6.07, 6.45) is 3.31. The van der Waals surface area contributed by atoms with E-state index in [2.05, 4.69) is 12.1 Å². The highest BCUT2D eigenvalue weighted by Crippen LogP contribution is 2.45. The molecule has 0 bridgehead atoms. The fraction of sp³-hybridized carbons (Fsp3) is 0.304. The minimum atomic E-state index is -0.198. The number of likely N-dealkylation sites (tertiary alicyclic amines) is 1. The third-order valence-electron chi connectivity index (χ3n) is 5.82. The van der Waals surface area contributed by atoms with Gasteiger partial charge < -0.3 is 15.4 Å². The van der Waals surface area contributed by atoms with Crippen molar-refractivity contribution in [2.75, 3.05) is 19.7 Å². The van der Waals surface area contributed by atoms with E-state index in [1.165, 1.54) is 5.56 Å². The maximum absolute atomic E-state index is 12.9. The molecule has 5 heteroatoms. The van der Waals surface area contributed by atoms with Gasteiger partial charge >= 0.3 is 0 Å². The number of piperidine rings is 1. The average Bonchev–Trinajstić information content (AvgIpc) is 3.10. The number of hydrogen-bond donors (Lipinski definition) is 1. The van der Waals surface area contributed by atoms with E-state index < -0.39 is 0 Å². The normalized spacial score (nSPS) is 17.7. The van der Waals surface area contributed by atoms with Gasteiger partial charge in [0.15, 0.2) is 0 Å². The van der Waals surface area contributed by atoms with Crippen LogP contribution in [0.1, 0.15) is 29.5 Å². The number of nitrogens with zero attached hydrogens (tertiary/aromatic N) is 2. The van der Waals surface area contributed by atoms with Crippen LogP contribution in [-0.4, -0.2) is 30.5 Å². The zero-order valence-corrected chi connectivity index (χ0v) is 15.7. The van der Waals surface area contributed by atoms with E-state index in [4.69, 9.17) is 10.5 Å². The zero-order valence-electron chi connectivity index (χ0n) is 15.7. The molecule has 2 aliphatic rings. The Morgan fingerprint density at radius 2 is 1.96 bits per heavy atom. The molecule has 5 nitrogen and oxygen atoms in total. The lowest BCUT2D eigenvalue weighted by Crippen LogP contribution is -2.46. The standard InChI is InChI=1S/C23H23N3O2/c24-14-18-6-7-21-20(13-18)23(16-28-21)8-10-26(11-9-23)22(27)19(15-25)12-17-4-2-1-3-5-17/h1-7,12-13H,8-11,14,16,24H2/b19-12-. The van der Waals surface area contributed by atoms with Crippen molar-refractivity contribution >= 4 is 12.0 Å². The Kier molecular flexibility index (Phi) is 4.89. The van der Waals surface area contributed by atoms with E-state index in [-0.39, 0.29) is 16.9 Å². The molecule has 2 heterocycles. The molecule has 28 heavy (non-hydrogen) atoms. The van der Waals surface area contributed by atoms with Crippen LogP contribution >= 0.6 is 0 Å². The number of hydrogen-bond acceptors (Lipinski definition) is 4. The van der Waals surface area contributed by atoms with Crippen molar-refractivity contribution in [2.45, 2.75) is 24.8 Å². The summed E-state index contributed by atoms with van der Waals surface area (Å²) in [6.45, 7) is 2.37. The molecule has 0 saturated carbocycles. The number of fused-ring (bicyclic) bond motifs is 2. The van der Waals surface area contributed by atoms with Crippen molar-refractivity contribution in [1.29, 1.82) is 5.26 Å². The van der Waals surface area contributed by atoms with Crippen LogP contribution in [-0.2, 0) is 16.8 Å². The van der Waals surface area contributed by atoms with Crippen LogP contribution in [0, 0.1) is 11.3 Å². The minimum absolute atomic E-state index is 0.0623. The average molecular weight is 373 g/mol. The number of nitrogens with two attached hydrogens (primary N) is 1. The first-order valence-electron chi connectivity index (χ1n) is 9.58. The second kappa shape index (κ2) is 7.49. The molecule has 1 saturated heterocycles. The molecule has 1 fully saturated rings. The lowest BCUT2D eigenvalue weighted by Gasteiger charge is -2.38. The third-order valence-corrected chi connectivity index (χ3v) is 5.82. The van der Waals surface area contributed by atoms with E-state index in [1.807, 2.05) is 42.5 Å². The second-order valence-corrected chi connectivity index (χ2v) is 7.48. The van der Waals surface area contributed by atoms with Gasteiger partial charge in [-0.2, -0.15) is 5.26 Å². The van der Waals surface area contributed by atoms with Gasteiger partial charge in [-0.3, -0.25) is 4.79 Å². The van der Waals surface area contributed by atoms with Gasteiger partial charge in [0, 0.05) is 30.6 Å². The van der Waals surface area contributed by atoms with Crippen molar-refractivity contribution in [1.82, 2.24) is 4.90 Å². The molecular weight excluding hydrogens is 350 g/mol. The molecule has 0 atom stereocenters. The molecule has 0 radical (unpaired) electrons. The van der Waals surface area contributed by atoms with E-state index in [0.717, 1.165) is 29.7 Å². The van der Waals surface area contributed by atoms with Crippen LogP contribution in [0.2, 0.25) is 0 Å². The molecule has 4 rings (SSSR count). The molecule has 2 aliphatic heterocycles. The van der Waals surface area contributed by atoms with Crippen LogP contribution < -0.4 is 10.5 Å². The van der Waals surface area contributed by atoms with Crippen molar-refractivity contribution < 1.29 is 9.53 Å². The summed E-state index contributed by atoms with van der Waals surface area (Å²) >= 11 is 0. The van der Waals surface area contributed by atoms with E-state index in [9.17, 15) is 10.1 Å². The number of nitriles is 1. The van der Waals surface area contributed by atoms with Gasteiger partial charge in [-0.15, -0.1) is 0 Å². The first-order valence-corrected chi connectivity index (χ1v) is 9.58. The van der Waals surface area contributed by atoms with E-state index in [0.29, 0.717) is 26.2 Å². The van der Waals surface area contributed by atoms with Gasteiger partial charge in [-0.05, 0) is 36.1 Å². The summed E-state index contributed by atoms with van der Waals surface area (Å²) in [7, 11) is 0. The molecule has 2 aromatic carbocycles. The molecule has 1 amide bonds. The zero-order chi connectivity index (χ0) is 19.6. The Morgan fingerprint density at radius 3 is 2.64 bits per heavy atom. The number of carbonyl (C=O) groups is 1. The Labute approximate surface area is 165 Å². The van der Waals surface area contributed by atoms with Crippen molar-refractivity contribution in [3.8, 4) is 11.8 Å². The molecule has 1 spiro atoms. The highest BCUT2D eigenvalue weighted by atomic mass is 16.5. The van der Waals surface area contributed by atoms with Gasteiger partial charge in [0.1, 0.15) is 17.4 Å². The summed E-state index contributed by atoms with van der Waals surface area (Å²) in [5, 5.41) is 9.48. The van der Waals surface area contributed by atoms with Crippen molar-refractivity contribution in [3.63, 3.8) is 0 Å². The van der Waals surface area contributed by atoms with Crippen molar-refractivity contribution in [2.24, 2.45) is 5.73 Å². The first kappa shape index (κ1) is 18.3. The van der Waals surface area contributed by atoms with Gasteiger partial charge in [-0.1, -0.05) is 42.5 Å². The van der Waals surface area contributed by atoms with Crippen LogP contribution in [0.3, 0.4) is 0 Å². The fourth-order valence-corrected chi connectivity index (χ4v) is 4.12. The molecule has 0 aromatic heterocycles. The Hall–Kier alpha value is -3.10. The summed E-state index contributed by atoms with van der Waals surface area (Å²) in [4.78, 5) is 14.7. The number of carbonyl (C=O) groups excluding carboxylic acids is 1. The monoisotopic (exact) mass is 373 g/mol. The summed E-state index contributed by atoms with van der Waals surface area (Å²) in [5.74, 6) is 0.731. The van der Waals surface area contributed by atoms with Gasteiger partial charge in [0.2, 0.25) is 0 Å². The maximum Gasteiger partial charge on any atom is 0.264 e. The SMILES string of the molecule is N#C/C(=C/c1ccccc1)C(=O)N1CCC2(CC1)COc1ccc(CN)cc12. The summed E-state index contributed by atoms with van der Waals surface area (Å²) in [6, 6.07) is 17.7. The predicted octanol–water partition coefficient (Wildman–Crippen LogP) is 3.01. The van der Waals surface area contributed by atoms with Crippen molar-refractivity contribution in [3.05, 3.63) is 70.8 Å². The van der Waals surface area contributed by atoms with Crippen LogP contribution in [0.5, 0.6) is 5.75 Å². The molecular formula is C23H23N3O2. The first-order chi connectivity index (χ1) is 13.6. The second-order valence-electron chi connectivity index (χ2n) is 7.48. The fourth-order valence-electron chi connectivity index (χ4n) is 4.12. The third kappa shape index (κ3) is 3.28. The highest BCUT2D eigenvalue weighted by molar-refractivity contribution is 6.01. The Morgan fingerprint density at radius 1 is 1.21 bits per heavy atom. The molecule has 2 N–H and O–H groups in total. The van der Waals surface area contributed by atoms with Gasteiger partial charge in [0.25, 0.3) is 5.91 Å². The molecule has 2 aromatic rings. The molecule has 0 aliphatic carbocycles. The minimum Gasteiger partial charge on any atom is -0.492 e. The quantitative estimate of drug-likeness (QED) is 0.663. The van der Waals surface area contributed by atoms with Crippen LogP contribution in [0.4, 0.5) is 0 Å². The highest BCUT2D eigenvalue weighted by Gasteiger charge is 2.44. The smallest absolute Gasteiger partial charge is 0.264 e. The topological polar surface area (TPSA) is 79.3 Å². The van der Waals surface area contributed by atoms with Gasteiger partial charge in [0.05, 0.1) is 6.61 Å². The van der Waals surface area contributed by atoms with E-state index in [1.54, 1.807) is 11.0 Å².